The van der Waals surface area contributed by atoms with Crippen LogP contribution in [0.25, 0.3) is 0 Å². The highest BCUT2D eigenvalue weighted by Gasteiger charge is 2.25. The molecule has 1 amide bonds. The number of hydrogen-bond donors (Lipinski definition) is 2. The maximum Gasteiger partial charge on any atom is 0.254 e. The van der Waals surface area contributed by atoms with Crippen molar-refractivity contribution in [1.82, 2.24) is 15.6 Å². The maximum atomic E-state index is 12.1. The molecule has 1 aliphatic carbocycles. The Morgan fingerprint density at radius 3 is 2.50 bits per heavy atom. The van der Waals surface area contributed by atoms with Crippen LogP contribution in [0.1, 0.15) is 55.3 Å². The van der Waals surface area contributed by atoms with Crippen molar-refractivity contribution in [3.8, 4) is 0 Å². The molecule has 132 valence electrons. The molecule has 0 spiro atoms. The third kappa shape index (κ3) is 4.28. The van der Waals surface area contributed by atoms with Crippen LogP contribution in [0.2, 0.25) is 0 Å². The predicted octanol–water partition coefficient (Wildman–Crippen LogP) is 3.09. The lowest BCUT2D eigenvalue weighted by Gasteiger charge is -2.36. The number of carbonyl (C=O) groups excluding carboxylic acids is 1. The van der Waals surface area contributed by atoms with Gasteiger partial charge in [0.05, 0.1) is 5.56 Å². The molecule has 0 radical (unpaired) electrons. The molecule has 0 unspecified atom stereocenters. The summed E-state index contributed by atoms with van der Waals surface area (Å²) in [5.74, 6) is 0.718. The molecular formula is C18H27BrN4O. The summed E-state index contributed by atoms with van der Waals surface area (Å²) in [5, 5.41) is 6.57. The fourth-order valence-corrected chi connectivity index (χ4v) is 4.18. The standard InChI is InChI=1S/C18H27BrN4O/c1-20-18(24)16-11-13(19)12-21-17(16)23-9-7-15(8-10-23)22-14-5-3-2-4-6-14/h11-12,14-15,22H,2-10H2,1H3,(H,20,24). The average molecular weight is 395 g/mol. The highest BCUT2D eigenvalue weighted by atomic mass is 79.9. The van der Waals surface area contributed by atoms with E-state index in [4.69, 9.17) is 0 Å². The molecule has 2 N–H and O–H groups in total. The Morgan fingerprint density at radius 2 is 1.83 bits per heavy atom. The van der Waals surface area contributed by atoms with Crippen LogP contribution in [-0.4, -0.2) is 43.1 Å². The van der Waals surface area contributed by atoms with Crippen molar-refractivity contribution in [3.05, 3.63) is 22.3 Å². The second kappa shape index (κ2) is 8.30. The fourth-order valence-electron chi connectivity index (χ4n) is 3.85. The van der Waals surface area contributed by atoms with E-state index in [2.05, 4.69) is 36.4 Å². The SMILES string of the molecule is CNC(=O)c1cc(Br)cnc1N1CCC(NC2CCCCC2)CC1. The molecule has 0 bridgehead atoms. The van der Waals surface area contributed by atoms with Gasteiger partial charge in [-0.15, -0.1) is 0 Å². The van der Waals surface area contributed by atoms with E-state index in [0.717, 1.165) is 36.2 Å². The first-order valence-corrected chi connectivity index (χ1v) is 9.85. The van der Waals surface area contributed by atoms with Crippen molar-refractivity contribution in [2.24, 2.45) is 0 Å². The van der Waals surface area contributed by atoms with Crippen molar-refractivity contribution in [3.63, 3.8) is 0 Å². The largest absolute Gasteiger partial charge is 0.356 e. The molecular weight excluding hydrogens is 368 g/mol. The van der Waals surface area contributed by atoms with Gasteiger partial charge in [-0.2, -0.15) is 0 Å². The monoisotopic (exact) mass is 394 g/mol. The normalized spacial score (nSPS) is 20.2. The Bertz CT molecular complexity index is 566. The molecule has 2 heterocycles. The first-order valence-electron chi connectivity index (χ1n) is 9.06. The first kappa shape index (κ1) is 17.7. The number of nitrogens with one attached hydrogen (secondary N) is 2. The van der Waals surface area contributed by atoms with Crippen LogP contribution in [0.15, 0.2) is 16.7 Å². The number of aromatic nitrogens is 1. The predicted molar refractivity (Wildman–Crippen MR) is 101 cm³/mol. The summed E-state index contributed by atoms with van der Waals surface area (Å²) in [6.07, 6.45) is 10.8. The van der Waals surface area contributed by atoms with Gasteiger partial charge in [-0.05, 0) is 47.7 Å². The Morgan fingerprint density at radius 1 is 1.17 bits per heavy atom. The van der Waals surface area contributed by atoms with Crippen molar-refractivity contribution >= 4 is 27.7 Å². The molecule has 3 rings (SSSR count). The van der Waals surface area contributed by atoms with Gasteiger partial charge in [-0.1, -0.05) is 19.3 Å². The molecule has 5 nitrogen and oxygen atoms in total. The van der Waals surface area contributed by atoms with Gasteiger partial charge in [0.1, 0.15) is 5.82 Å². The minimum Gasteiger partial charge on any atom is -0.356 e. The Labute approximate surface area is 152 Å². The number of piperidine rings is 1. The molecule has 1 saturated heterocycles. The van der Waals surface area contributed by atoms with Crippen LogP contribution in [0, 0.1) is 0 Å². The number of hydrogen-bond acceptors (Lipinski definition) is 4. The zero-order valence-corrected chi connectivity index (χ0v) is 15.9. The van der Waals surface area contributed by atoms with Crippen molar-refractivity contribution in [1.29, 1.82) is 0 Å². The minimum atomic E-state index is -0.0822. The third-order valence-corrected chi connectivity index (χ3v) is 5.61. The summed E-state index contributed by atoms with van der Waals surface area (Å²) >= 11 is 3.41. The quantitative estimate of drug-likeness (QED) is 0.823. The highest BCUT2D eigenvalue weighted by Crippen LogP contribution is 2.26. The van der Waals surface area contributed by atoms with E-state index in [1.807, 2.05) is 6.07 Å². The Hall–Kier alpha value is -1.14. The van der Waals surface area contributed by atoms with E-state index in [9.17, 15) is 4.79 Å². The lowest BCUT2D eigenvalue weighted by molar-refractivity contribution is 0.0963. The molecule has 2 fully saturated rings. The molecule has 6 heteroatoms. The highest BCUT2D eigenvalue weighted by molar-refractivity contribution is 9.10. The molecule has 0 aromatic carbocycles. The van der Waals surface area contributed by atoms with Gasteiger partial charge in [-0.25, -0.2) is 4.98 Å². The van der Waals surface area contributed by atoms with Gasteiger partial charge < -0.3 is 15.5 Å². The van der Waals surface area contributed by atoms with Crippen LogP contribution in [0.3, 0.4) is 0 Å². The summed E-state index contributed by atoms with van der Waals surface area (Å²) in [5.41, 5.74) is 0.644. The summed E-state index contributed by atoms with van der Waals surface area (Å²) in [7, 11) is 1.66. The van der Waals surface area contributed by atoms with E-state index in [0.29, 0.717) is 17.6 Å². The second-order valence-corrected chi connectivity index (χ2v) is 7.78. The van der Waals surface area contributed by atoms with Crippen LogP contribution in [0.4, 0.5) is 5.82 Å². The van der Waals surface area contributed by atoms with Gasteiger partial charge in [0, 0.05) is 42.9 Å². The van der Waals surface area contributed by atoms with Crippen LogP contribution < -0.4 is 15.5 Å². The van der Waals surface area contributed by atoms with Gasteiger partial charge in [0.25, 0.3) is 5.91 Å². The van der Waals surface area contributed by atoms with E-state index < -0.39 is 0 Å². The topological polar surface area (TPSA) is 57.3 Å². The van der Waals surface area contributed by atoms with E-state index in [1.54, 1.807) is 13.2 Å². The van der Waals surface area contributed by atoms with E-state index >= 15 is 0 Å². The Balaban J connectivity index is 1.61. The molecule has 24 heavy (non-hydrogen) atoms. The number of carbonyl (C=O) groups is 1. The van der Waals surface area contributed by atoms with Gasteiger partial charge >= 0.3 is 0 Å². The smallest absolute Gasteiger partial charge is 0.254 e. The minimum absolute atomic E-state index is 0.0822. The lowest BCUT2D eigenvalue weighted by Crippen LogP contribution is -2.47. The summed E-state index contributed by atoms with van der Waals surface area (Å²) in [4.78, 5) is 18.9. The first-order chi connectivity index (χ1) is 11.7. The zero-order chi connectivity index (χ0) is 16.9. The molecule has 0 atom stereocenters. The van der Waals surface area contributed by atoms with Crippen LogP contribution >= 0.6 is 15.9 Å². The molecule has 1 aromatic heterocycles. The van der Waals surface area contributed by atoms with E-state index in [-0.39, 0.29) is 5.91 Å². The number of nitrogens with zero attached hydrogens (tertiary/aromatic N) is 2. The number of pyridine rings is 1. The number of rotatable bonds is 4. The van der Waals surface area contributed by atoms with Gasteiger partial charge in [0.15, 0.2) is 0 Å². The number of halogens is 1. The van der Waals surface area contributed by atoms with Gasteiger partial charge in [0.2, 0.25) is 0 Å². The molecule has 1 aliphatic heterocycles. The summed E-state index contributed by atoms with van der Waals surface area (Å²) < 4.78 is 0.832. The van der Waals surface area contributed by atoms with Crippen molar-refractivity contribution in [2.75, 3.05) is 25.0 Å². The zero-order valence-electron chi connectivity index (χ0n) is 14.4. The summed E-state index contributed by atoms with van der Waals surface area (Å²) in [6.45, 7) is 1.89. The van der Waals surface area contributed by atoms with Crippen LogP contribution in [0.5, 0.6) is 0 Å². The fraction of sp³-hybridized carbons (Fsp3) is 0.667. The number of amides is 1. The second-order valence-electron chi connectivity index (χ2n) is 6.87. The van der Waals surface area contributed by atoms with Crippen molar-refractivity contribution in [2.45, 2.75) is 57.0 Å². The third-order valence-electron chi connectivity index (χ3n) is 5.18. The van der Waals surface area contributed by atoms with Crippen molar-refractivity contribution < 1.29 is 4.79 Å². The Kier molecular flexibility index (Phi) is 6.11. The molecule has 2 aliphatic rings. The molecule has 1 saturated carbocycles. The van der Waals surface area contributed by atoms with Gasteiger partial charge in [-0.3, -0.25) is 4.79 Å². The average Bonchev–Trinajstić information content (AvgIpc) is 2.62. The van der Waals surface area contributed by atoms with Crippen LogP contribution in [-0.2, 0) is 0 Å². The lowest BCUT2D eigenvalue weighted by atomic mass is 9.93. The summed E-state index contributed by atoms with van der Waals surface area (Å²) in [6, 6.07) is 3.17. The molecule has 1 aromatic rings. The number of anilines is 1. The van der Waals surface area contributed by atoms with E-state index in [1.165, 1.54) is 32.1 Å². The maximum absolute atomic E-state index is 12.1.